The molecule has 0 aromatic heterocycles. The van der Waals surface area contributed by atoms with Crippen LogP contribution < -0.4 is 10.1 Å². The van der Waals surface area contributed by atoms with Crippen LogP contribution >= 0.6 is 24.0 Å². The minimum absolute atomic E-state index is 0. The summed E-state index contributed by atoms with van der Waals surface area (Å²) < 4.78 is 34.0. The molecule has 2 aromatic carbocycles. The Kier molecular flexibility index (Phi) is 7.32. The average Bonchev–Trinajstić information content (AvgIpc) is 3.46. The summed E-state index contributed by atoms with van der Waals surface area (Å²) in [6.07, 6.45) is 2.72. The van der Waals surface area contributed by atoms with Crippen LogP contribution in [-0.2, 0) is 0 Å². The van der Waals surface area contributed by atoms with Gasteiger partial charge in [-0.15, -0.1) is 24.0 Å². The topological polar surface area (TPSA) is 36.9 Å². The van der Waals surface area contributed by atoms with Crippen molar-refractivity contribution in [1.82, 2.24) is 10.2 Å². The highest BCUT2D eigenvalue weighted by Crippen LogP contribution is 2.43. The first-order valence-corrected chi connectivity index (χ1v) is 9.79. The number of hydrogen-bond acceptors (Lipinski definition) is 2. The summed E-state index contributed by atoms with van der Waals surface area (Å²) in [7, 11) is 1.75. The van der Waals surface area contributed by atoms with E-state index in [1.165, 1.54) is 18.2 Å². The van der Waals surface area contributed by atoms with E-state index in [2.05, 4.69) is 15.2 Å². The Morgan fingerprint density at radius 2 is 1.69 bits per heavy atom. The van der Waals surface area contributed by atoms with Crippen LogP contribution in [0.15, 0.2) is 53.5 Å². The number of aliphatic imine (C=N–C) groups is 1. The van der Waals surface area contributed by atoms with E-state index in [9.17, 15) is 8.78 Å². The van der Waals surface area contributed by atoms with Gasteiger partial charge >= 0.3 is 0 Å². The quantitative estimate of drug-likeness (QED) is 0.370. The molecule has 4 nitrogen and oxygen atoms in total. The second-order valence-corrected chi connectivity index (χ2v) is 7.39. The summed E-state index contributed by atoms with van der Waals surface area (Å²) in [5, 5.41) is 3.38. The summed E-state index contributed by atoms with van der Waals surface area (Å²) in [6.45, 7) is 1.67. The van der Waals surface area contributed by atoms with Crippen molar-refractivity contribution in [2.75, 3.05) is 20.1 Å². The number of benzene rings is 2. The Bertz CT molecular complexity index is 821. The highest BCUT2D eigenvalue weighted by atomic mass is 127. The van der Waals surface area contributed by atoms with E-state index in [-0.39, 0.29) is 47.6 Å². The van der Waals surface area contributed by atoms with E-state index in [4.69, 9.17) is 4.74 Å². The summed E-state index contributed by atoms with van der Waals surface area (Å²) in [5.41, 5.74) is 0.186. The van der Waals surface area contributed by atoms with Crippen LogP contribution in [0.1, 0.15) is 30.7 Å². The molecule has 156 valence electrons. The molecule has 1 saturated heterocycles. The molecule has 4 rings (SSSR count). The zero-order chi connectivity index (χ0) is 19.5. The first kappa shape index (κ1) is 21.8. The lowest BCUT2D eigenvalue weighted by molar-refractivity contribution is 0.129. The molecule has 2 unspecified atom stereocenters. The summed E-state index contributed by atoms with van der Waals surface area (Å²) in [4.78, 5) is 6.57. The number of nitrogens with zero attached hydrogens (tertiary/aromatic N) is 2. The normalized spacial score (nSPS) is 22.0. The standard InChI is InChI=1S/C22H25F2N3O.HI/c1-25-22(26-20-14-17(20)21-18(23)8-5-9-19(21)24)27-12-10-16(11-13-27)28-15-6-3-2-4-7-15;/h2-9,16-17,20H,10-14H2,1H3,(H,25,26);1H. The first-order chi connectivity index (χ1) is 13.7. The van der Waals surface area contributed by atoms with Crippen LogP contribution in [0.2, 0.25) is 0 Å². The van der Waals surface area contributed by atoms with Crippen molar-refractivity contribution >= 4 is 29.9 Å². The number of para-hydroxylation sites is 1. The fraction of sp³-hybridized carbons (Fsp3) is 0.409. The lowest BCUT2D eigenvalue weighted by Gasteiger charge is -2.34. The summed E-state index contributed by atoms with van der Waals surface area (Å²) in [5.74, 6) is 0.613. The Morgan fingerprint density at radius 1 is 1.03 bits per heavy atom. The Labute approximate surface area is 187 Å². The number of piperidine rings is 1. The Hall–Kier alpha value is -1.90. The molecule has 0 amide bonds. The van der Waals surface area contributed by atoms with Crippen LogP contribution in [-0.4, -0.2) is 43.1 Å². The van der Waals surface area contributed by atoms with Crippen LogP contribution in [0.5, 0.6) is 5.75 Å². The molecule has 2 aromatic rings. The monoisotopic (exact) mass is 513 g/mol. The number of ether oxygens (including phenoxy) is 1. The van der Waals surface area contributed by atoms with Gasteiger partial charge in [0.15, 0.2) is 5.96 Å². The minimum atomic E-state index is -0.469. The number of guanidine groups is 1. The van der Waals surface area contributed by atoms with Gasteiger partial charge in [0.1, 0.15) is 23.5 Å². The molecule has 1 saturated carbocycles. The van der Waals surface area contributed by atoms with Crippen molar-refractivity contribution in [3.05, 3.63) is 65.7 Å². The minimum Gasteiger partial charge on any atom is -0.490 e. The molecule has 1 aliphatic carbocycles. The summed E-state index contributed by atoms with van der Waals surface area (Å²) >= 11 is 0. The molecule has 29 heavy (non-hydrogen) atoms. The average molecular weight is 513 g/mol. The lowest BCUT2D eigenvalue weighted by Crippen LogP contribution is -2.48. The molecule has 1 N–H and O–H groups in total. The fourth-order valence-corrected chi connectivity index (χ4v) is 3.88. The van der Waals surface area contributed by atoms with Gasteiger partial charge in [-0.05, 0) is 30.7 Å². The van der Waals surface area contributed by atoms with Gasteiger partial charge in [-0.1, -0.05) is 24.3 Å². The fourth-order valence-electron chi connectivity index (χ4n) is 3.88. The van der Waals surface area contributed by atoms with Gasteiger partial charge in [-0.25, -0.2) is 8.78 Å². The van der Waals surface area contributed by atoms with Crippen LogP contribution in [0, 0.1) is 11.6 Å². The van der Waals surface area contributed by atoms with E-state index in [1.807, 2.05) is 30.3 Å². The van der Waals surface area contributed by atoms with Gasteiger partial charge in [-0.3, -0.25) is 4.99 Å². The summed E-state index contributed by atoms with van der Waals surface area (Å²) in [6, 6.07) is 13.9. The van der Waals surface area contributed by atoms with Crippen molar-refractivity contribution in [2.45, 2.75) is 37.3 Å². The maximum Gasteiger partial charge on any atom is 0.193 e. The second-order valence-electron chi connectivity index (χ2n) is 7.39. The molecular weight excluding hydrogens is 487 g/mol. The van der Waals surface area contributed by atoms with Crippen molar-refractivity contribution < 1.29 is 13.5 Å². The number of hydrogen-bond donors (Lipinski definition) is 1. The first-order valence-electron chi connectivity index (χ1n) is 9.79. The highest BCUT2D eigenvalue weighted by Gasteiger charge is 2.43. The van der Waals surface area contributed by atoms with E-state index >= 15 is 0 Å². The Morgan fingerprint density at radius 3 is 2.31 bits per heavy atom. The van der Waals surface area contributed by atoms with Crippen LogP contribution in [0.3, 0.4) is 0 Å². The van der Waals surface area contributed by atoms with Crippen molar-refractivity contribution in [1.29, 1.82) is 0 Å². The number of rotatable bonds is 4. The third kappa shape index (κ3) is 5.18. The number of nitrogens with one attached hydrogen (secondary N) is 1. The van der Waals surface area contributed by atoms with E-state index < -0.39 is 11.6 Å². The van der Waals surface area contributed by atoms with Gasteiger partial charge < -0.3 is 15.0 Å². The maximum absolute atomic E-state index is 14.0. The zero-order valence-corrected chi connectivity index (χ0v) is 18.7. The SMILES string of the molecule is CN=C(NC1CC1c1c(F)cccc1F)N1CCC(Oc2ccccc2)CC1.I. The zero-order valence-electron chi connectivity index (χ0n) is 16.4. The van der Waals surface area contributed by atoms with Crippen molar-refractivity contribution in [2.24, 2.45) is 4.99 Å². The Balaban J connectivity index is 0.00000240. The molecular formula is C22H26F2IN3O. The van der Waals surface area contributed by atoms with Gasteiger partial charge in [-0.2, -0.15) is 0 Å². The van der Waals surface area contributed by atoms with Gasteiger partial charge in [0.25, 0.3) is 0 Å². The smallest absolute Gasteiger partial charge is 0.193 e. The van der Waals surface area contributed by atoms with Crippen molar-refractivity contribution in [3.8, 4) is 5.75 Å². The molecule has 2 atom stereocenters. The third-order valence-corrected chi connectivity index (χ3v) is 5.47. The highest BCUT2D eigenvalue weighted by molar-refractivity contribution is 14.0. The predicted molar refractivity (Wildman–Crippen MR) is 121 cm³/mol. The molecule has 2 fully saturated rings. The molecule has 1 aliphatic heterocycles. The van der Waals surface area contributed by atoms with Crippen LogP contribution in [0.4, 0.5) is 8.78 Å². The molecule has 7 heteroatoms. The number of halogens is 3. The number of likely N-dealkylation sites (tertiary alicyclic amines) is 1. The van der Waals surface area contributed by atoms with Gasteiger partial charge in [0.2, 0.25) is 0 Å². The van der Waals surface area contributed by atoms with Gasteiger partial charge in [0.05, 0.1) is 0 Å². The molecule has 1 heterocycles. The molecule has 0 radical (unpaired) electrons. The predicted octanol–water partition coefficient (Wildman–Crippen LogP) is 4.56. The van der Waals surface area contributed by atoms with Gasteiger partial charge in [0, 0.05) is 50.5 Å². The third-order valence-electron chi connectivity index (χ3n) is 5.47. The largest absolute Gasteiger partial charge is 0.490 e. The maximum atomic E-state index is 14.0. The molecule has 2 aliphatic rings. The van der Waals surface area contributed by atoms with E-state index in [0.29, 0.717) is 6.42 Å². The molecule has 0 bridgehead atoms. The van der Waals surface area contributed by atoms with Crippen LogP contribution in [0.25, 0.3) is 0 Å². The van der Waals surface area contributed by atoms with E-state index in [1.54, 1.807) is 7.05 Å². The van der Waals surface area contributed by atoms with E-state index in [0.717, 1.165) is 37.6 Å². The second kappa shape index (κ2) is 9.73. The lowest BCUT2D eigenvalue weighted by atomic mass is 10.1. The van der Waals surface area contributed by atoms with Crippen molar-refractivity contribution in [3.63, 3.8) is 0 Å². The molecule has 0 spiro atoms.